The fraction of sp³-hybridized carbons (Fsp3) is 0.318. The lowest BCUT2D eigenvalue weighted by Gasteiger charge is -2.27. The smallest absolute Gasteiger partial charge is 0.372 e. The molecule has 0 N–H and O–H groups in total. The first-order chi connectivity index (χ1) is 16.9. The Morgan fingerprint density at radius 1 is 0.972 bits per heavy atom. The number of amidine groups is 1. The molecular weight excluding hydrogens is 490 g/mol. The summed E-state index contributed by atoms with van der Waals surface area (Å²) in [6.07, 6.45) is -10.2. The molecule has 14 heteroatoms. The molecule has 0 atom stereocenters. The second kappa shape index (κ2) is 9.24. The van der Waals surface area contributed by atoms with E-state index < -0.39 is 29.0 Å². The molecule has 0 fully saturated rings. The zero-order valence-corrected chi connectivity index (χ0v) is 19.3. The van der Waals surface area contributed by atoms with Crippen molar-refractivity contribution in [2.24, 2.45) is 10.1 Å². The van der Waals surface area contributed by atoms with Gasteiger partial charge in [0, 0.05) is 25.0 Å². The molecular formula is C22H20F6N8. The maximum Gasteiger partial charge on any atom is 0.493 e. The first kappa shape index (κ1) is 25.1. The summed E-state index contributed by atoms with van der Waals surface area (Å²) < 4.78 is 81.3. The van der Waals surface area contributed by atoms with Crippen LogP contribution in [0.15, 0.2) is 52.7 Å². The lowest BCUT2D eigenvalue weighted by molar-refractivity contribution is -0.342. The summed E-state index contributed by atoms with van der Waals surface area (Å²) >= 11 is 0. The standard InChI is InChI=1S/C22H20F6N8/c1-4-34(5-2)14-9-10-15(13(3)12-14)30-17-19-31-18(16-8-6-7-11-29-16)32-36(19)33-20(17)35(21(23,24)25)22(26,27)28/h6-12H,4-5H2,1-3H3. The number of pyridine rings is 1. The highest BCUT2D eigenvalue weighted by Crippen LogP contribution is 2.37. The minimum absolute atomic E-state index is 0.0275. The number of anilines is 1. The van der Waals surface area contributed by atoms with Gasteiger partial charge in [0.25, 0.3) is 0 Å². The van der Waals surface area contributed by atoms with E-state index in [1.54, 1.807) is 37.3 Å². The van der Waals surface area contributed by atoms with Crippen molar-refractivity contribution in [1.82, 2.24) is 24.8 Å². The Hall–Kier alpha value is -3.97. The molecule has 1 aromatic carbocycles. The molecule has 8 nitrogen and oxygen atoms in total. The molecule has 1 aliphatic heterocycles. The minimum atomic E-state index is -5.83. The average molecular weight is 510 g/mol. The highest BCUT2D eigenvalue weighted by molar-refractivity contribution is 6.48. The van der Waals surface area contributed by atoms with Crippen LogP contribution in [0.1, 0.15) is 25.2 Å². The van der Waals surface area contributed by atoms with Crippen LogP contribution in [0.4, 0.5) is 37.7 Å². The molecule has 1 aliphatic rings. The van der Waals surface area contributed by atoms with E-state index in [1.165, 1.54) is 12.3 Å². The lowest BCUT2D eigenvalue weighted by atomic mass is 10.1. The molecule has 3 aromatic rings. The Balaban J connectivity index is 1.88. The van der Waals surface area contributed by atoms with Gasteiger partial charge in [-0.1, -0.05) is 6.07 Å². The zero-order valence-electron chi connectivity index (χ0n) is 19.3. The van der Waals surface area contributed by atoms with Gasteiger partial charge >= 0.3 is 12.6 Å². The number of aryl methyl sites for hydroxylation is 1. The molecule has 3 heterocycles. The van der Waals surface area contributed by atoms with E-state index in [1.807, 2.05) is 18.7 Å². The van der Waals surface area contributed by atoms with Gasteiger partial charge in [0.2, 0.25) is 11.6 Å². The second-order valence-electron chi connectivity index (χ2n) is 7.66. The number of fused-ring (bicyclic) bond motifs is 1. The second-order valence-corrected chi connectivity index (χ2v) is 7.66. The topological polar surface area (TPSA) is 74.8 Å². The van der Waals surface area contributed by atoms with Gasteiger partial charge in [-0.2, -0.15) is 4.90 Å². The Labute approximate surface area is 201 Å². The Kier molecular flexibility index (Phi) is 6.45. The molecule has 190 valence electrons. The van der Waals surface area contributed by atoms with Crippen LogP contribution in [0.25, 0.3) is 11.5 Å². The van der Waals surface area contributed by atoms with Crippen molar-refractivity contribution < 1.29 is 26.3 Å². The van der Waals surface area contributed by atoms with Gasteiger partial charge in [-0.15, -0.1) is 41.3 Å². The number of hydrogen-bond donors (Lipinski definition) is 0. The Morgan fingerprint density at radius 2 is 1.67 bits per heavy atom. The highest BCUT2D eigenvalue weighted by Gasteiger charge is 2.58. The molecule has 36 heavy (non-hydrogen) atoms. The number of halogens is 6. The first-order valence-corrected chi connectivity index (χ1v) is 10.8. The summed E-state index contributed by atoms with van der Waals surface area (Å²) in [5.41, 5.74) is 1.08. The van der Waals surface area contributed by atoms with Crippen LogP contribution in [0, 0.1) is 6.92 Å². The number of benzene rings is 1. The first-order valence-electron chi connectivity index (χ1n) is 10.8. The average Bonchev–Trinajstić information content (AvgIpc) is 3.34. The van der Waals surface area contributed by atoms with Gasteiger partial charge < -0.3 is 4.90 Å². The van der Waals surface area contributed by atoms with Crippen LogP contribution in [0.5, 0.6) is 0 Å². The molecule has 0 saturated carbocycles. The summed E-state index contributed by atoms with van der Waals surface area (Å²) in [7, 11) is 0. The molecule has 2 aromatic heterocycles. The van der Waals surface area contributed by atoms with Crippen LogP contribution in [-0.4, -0.2) is 62.0 Å². The molecule has 0 bridgehead atoms. The molecule has 0 amide bonds. The van der Waals surface area contributed by atoms with Crippen LogP contribution in [0.3, 0.4) is 0 Å². The van der Waals surface area contributed by atoms with Crippen LogP contribution in [0.2, 0.25) is 0 Å². The third-order valence-corrected chi connectivity index (χ3v) is 5.36. The van der Waals surface area contributed by atoms with Crippen LogP contribution in [-0.2, 0) is 0 Å². The van der Waals surface area contributed by atoms with E-state index in [-0.39, 0.29) is 23.0 Å². The summed E-state index contributed by atoms with van der Waals surface area (Å²) in [4.78, 5) is 13.3. The van der Waals surface area contributed by atoms with Crippen LogP contribution < -0.4 is 4.90 Å². The van der Waals surface area contributed by atoms with Crippen molar-refractivity contribution >= 4 is 22.9 Å². The number of alkyl halides is 6. The van der Waals surface area contributed by atoms with Gasteiger partial charge in [0.05, 0.1) is 5.69 Å². The predicted octanol–water partition coefficient (Wildman–Crippen LogP) is 5.13. The lowest BCUT2D eigenvalue weighted by Crippen LogP contribution is -2.53. The Bertz CT molecular complexity index is 1290. The van der Waals surface area contributed by atoms with Crippen LogP contribution >= 0.6 is 0 Å². The number of hydrogen-bond acceptors (Lipinski definition) is 7. The zero-order chi connectivity index (χ0) is 26.3. The monoisotopic (exact) mass is 510 g/mol. The number of rotatable bonds is 5. The van der Waals surface area contributed by atoms with Crippen molar-refractivity contribution in [3.8, 4) is 11.5 Å². The SMILES string of the molecule is CCN(CC)c1ccc(N=C2C(N(C(F)(F)F)C(F)(F)F)=Nn3nc(-c4ccccn4)nc32)c(C)c1. The van der Waals surface area contributed by atoms with Gasteiger partial charge in [0.15, 0.2) is 11.5 Å². The highest BCUT2D eigenvalue weighted by atomic mass is 19.4. The number of aromatic nitrogens is 4. The summed E-state index contributed by atoms with van der Waals surface area (Å²) in [6.45, 7) is 7.01. The predicted molar refractivity (Wildman–Crippen MR) is 121 cm³/mol. The van der Waals surface area contributed by atoms with E-state index in [9.17, 15) is 26.3 Å². The maximum atomic E-state index is 13.6. The normalized spacial score (nSPS) is 14.7. The molecule has 0 saturated heterocycles. The molecule has 0 aliphatic carbocycles. The summed E-state index contributed by atoms with van der Waals surface area (Å²) in [6, 6.07) is 9.78. The minimum Gasteiger partial charge on any atom is -0.372 e. The van der Waals surface area contributed by atoms with Gasteiger partial charge in [-0.3, -0.25) is 4.98 Å². The third kappa shape index (κ3) is 4.75. The van der Waals surface area contributed by atoms with E-state index in [0.29, 0.717) is 23.4 Å². The third-order valence-electron chi connectivity index (χ3n) is 5.36. The Morgan fingerprint density at radius 3 is 2.22 bits per heavy atom. The van der Waals surface area contributed by atoms with Gasteiger partial charge in [0.1, 0.15) is 5.69 Å². The van der Waals surface area contributed by atoms with E-state index in [0.717, 1.165) is 5.69 Å². The van der Waals surface area contributed by atoms with Crippen molar-refractivity contribution in [2.45, 2.75) is 33.4 Å². The van der Waals surface area contributed by atoms with E-state index in [2.05, 4.69) is 25.2 Å². The van der Waals surface area contributed by atoms with Gasteiger partial charge in [-0.25, -0.2) is 9.98 Å². The molecule has 0 radical (unpaired) electrons. The fourth-order valence-electron chi connectivity index (χ4n) is 3.67. The maximum absolute atomic E-state index is 13.6. The molecule has 0 unspecified atom stereocenters. The van der Waals surface area contributed by atoms with Crippen molar-refractivity contribution in [2.75, 3.05) is 18.0 Å². The number of aliphatic imine (C=N–C) groups is 1. The number of nitrogens with zero attached hydrogens (tertiary/aromatic N) is 8. The van der Waals surface area contributed by atoms with Crippen molar-refractivity contribution in [3.63, 3.8) is 0 Å². The summed E-state index contributed by atoms with van der Waals surface area (Å²) in [5.74, 6) is -1.89. The largest absolute Gasteiger partial charge is 0.493 e. The summed E-state index contributed by atoms with van der Waals surface area (Å²) in [5, 5.41) is 7.43. The van der Waals surface area contributed by atoms with Crippen molar-refractivity contribution in [1.29, 1.82) is 0 Å². The van der Waals surface area contributed by atoms with E-state index in [4.69, 9.17) is 0 Å². The fourth-order valence-corrected chi connectivity index (χ4v) is 3.67. The molecule has 4 rings (SSSR count). The molecule has 0 spiro atoms. The van der Waals surface area contributed by atoms with Crippen molar-refractivity contribution in [3.05, 3.63) is 54.0 Å². The van der Waals surface area contributed by atoms with E-state index >= 15 is 0 Å². The quantitative estimate of drug-likeness (QED) is 0.351. The van der Waals surface area contributed by atoms with Gasteiger partial charge in [-0.05, 0) is 56.7 Å².